The molecule has 2 amide bonds. The fraction of sp³-hybridized carbons (Fsp3) is 0.273. The van der Waals surface area contributed by atoms with Crippen molar-refractivity contribution in [1.82, 2.24) is 14.8 Å². The molecule has 160 valence electrons. The third-order valence-corrected chi connectivity index (χ3v) is 5.70. The Bertz CT molecular complexity index is 1110. The molecular weight excluding hydrogens is 416 g/mol. The lowest BCUT2D eigenvalue weighted by molar-refractivity contribution is -0.122. The molecule has 4 rings (SSSR count). The Morgan fingerprint density at radius 3 is 2.77 bits per heavy atom. The number of hydrogen-bond acceptors (Lipinski definition) is 5. The minimum absolute atomic E-state index is 0.158. The van der Waals surface area contributed by atoms with Crippen LogP contribution in [0.1, 0.15) is 28.9 Å². The van der Waals surface area contributed by atoms with Gasteiger partial charge in [-0.3, -0.25) is 9.59 Å². The summed E-state index contributed by atoms with van der Waals surface area (Å²) in [5.74, 6) is 0.0530. The van der Waals surface area contributed by atoms with Gasteiger partial charge in [-0.05, 0) is 50.1 Å². The largest absolute Gasteiger partial charge is 0.369 e. The van der Waals surface area contributed by atoms with Gasteiger partial charge in [0.05, 0.1) is 40.9 Å². The topological polar surface area (TPSA) is 106 Å². The molecule has 2 aromatic heterocycles. The SMILES string of the molecule is Cc1c(C(=O)Nc2ccc(N3CCCC(C(N)=O)C3)nc2)cnn1-c1cccc(Cl)c1. The first-order valence-corrected chi connectivity index (χ1v) is 10.4. The van der Waals surface area contributed by atoms with Crippen molar-refractivity contribution < 1.29 is 9.59 Å². The van der Waals surface area contributed by atoms with Gasteiger partial charge in [0.15, 0.2) is 0 Å². The Morgan fingerprint density at radius 1 is 1.23 bits per heavy atom. The van der Waals surface area contributed by atoms with E-state index in [4.69, 9.17) is 17.3 Å². The molecule has 0 aliphatic carbocycles. The molecule has 1 aliphatic heterocycles. The lowest BCUT2D eigenvalue weighted by Gasteiger charge is -2.32. The van der Waals surface area contributed by atoms with Crippen LogP contribution in [0, 0.1) is 12.8 Å². The number of aromatic nitrogens is 3. The molecule has 1 aliphatic rings. The molecule has 1 fully saturated rings. The minimum atomic E-state index is -0.276. The van der Waals surface area contributed by atoms with Gasteiger partial charge < -0.3 is 16.0 Å². The van der Waals surface area contributed by atoms with E-state index >= 15 is 0 Å². The van der Waals surface area contributed by atoms with Crippen molar-refractivity contribution in [3.63, 3.8) is 0 Å². The summed E-state index contributed by atoms with van der Waals surface area (Å²) in [7, 11) is 0. The van der Waals surface area contributed by atoms with E-state index in [0.717, 1.165) is 30.9 Å². The predicted molar refractivity (Wildman–Crippen MR) is 120 cm³/mol. The number of pyridine rings is 1. The van der Waals surface area contributed by atoms with Gasteiger partial charge in [0.2, 0.25) is 5.91 Å². The van der Waals surface area contributed by atoms with Crippen molar-refractivity contribution in [3.05, 3.63) is 65.1 Å². The van der Waals surface area contributed by atoms with Crippen LogP contribution < -0.4 is 16.0 Å². The highest BCUT2D eigenvalue weighted by molar-refractivity contribution is 6.30. The highest BCUT2D eigenvalue weighted by Crippen LogP contribution is 2.23. The first kappa shape index (κ1) is 20.9. The summed E-state index contributed by atoms with van der Waals surface area (Å²) in [4.78, 5) is 30.8. The zero-order valence-corrected chi connectivity index (χ0v) is 17.8. The highest BCUT2D eigenvalue weighted by Gasteiger charge is 2.24. The number of nitrogens with zero attached hydrogens (tertiary/aromatic N) is 4. The lowest BCUT2D eigenvalue weighted by atomic mass is 9.97. The molecule has 1 saturated heterocycles. The summed E-state index contributed by atoms with van der Waals surface area (Å²) < 4.78 is 1.67. The van der Waals surface area contributed by atoms with Crippen molar-refractivity contribution in [1.29, 1.82) is 0 Å². The van der Waals surface area contributed by atoms with Gasteiger partial charge in [0.1, 0.15) is 5.82 Å². The smallest absolute Gasteiger partial charge is 0.259 e. The number of carbonyl (C=O) groups excluding carboxylic acids is 2. The van der Waals surface area contributed by atoms with E-state index in [9.17, 15) is 9.59 Å². The number of halogens is 1. The van der Waals surface area contributed by atoms with Crippen LogP contribution in [0.5, 0.6) is 0 Å². The van der Waals surface area contributed by atoms with Crippen molar-refractivity contribution >= 4 is 34.9 Å². The maximum Gasteiger partial charge on any atom is 0.259 e. The van der Waals surface area contributed by atoms with Crippen LogP contribution in [0.4, 0.5) is 11.5 Å². The minimum Gasteiger partial charge on any atom is -0.369 e. The van der Waals surface area contributed by atoms with Crippen LogP contribution >= 0.6 is 11.6 Å². The Morgan fingerprint density at radius 2 is 2.06 bits per heavy atom. The van der Waals surface area contributed by atoms with Gasteiger partial charge in [0.25, 0.3) is 5.91 Å². The second-order valence-corrected chi connectivity index (χ2v) is 8.02. The number of primary amides is 1. The van der Waals surface area contributed by atoms with Crippen LogP contribution in [0.2, 0.25) is 5.02 Å². The monoisotopic (exact) mass is 438 g/mol. The summed E-state index contributed by atoms with van der Waals surface area (Å²) in [5, 5.41) is 7.78. The molecule has 0 radical (unpaired) electrons. The number of anilines is 2. The average Bonchev–Trinajstić information content (AvgIpc) is 3.16. The van der Waals surface area contributed by atoms with E-state index in [2.05, 4.69) is 15.4 Å². The van der Waals surface area contributed by atoms with E-state index in [1.54, 1.807) is 29.1 Å². The number of amides is 2. The molecular formula is C22H23ClN6O2. The highest BCUT2D eigenvalue weighted by atomic mass is 35.5. The third kappa shape index (κ3) is 4.54. The Kier molecular flexibility index (Phi) is 5.90. The van der Waals surface area contributed by atoms with Crippen molar-refractivity contribution in [2.24, 2.45) is 11.7 Å². The normalized spacial score (nSPS) is 16.2. The van der Waals surface area contributed by atoms with E-state index in [0.29, 0.717) is 28.5 Å². The van der Waals surface area contributed by atoms with E-state index in [1.165, 1.54) is 6.20 Å². The molecule has 0 spiro atoms. The quantitative estimate of drug-likeness (QED) is 0.636. The van der Waals surface area contributed by atoms with E-state index < -0.39 is 0 Å². The zero-order valence-electron chi connectivity index (χ0n) is 17.1. The lowest BCUT2D eigenvalue weighted by Crippen LogP contribution is -2.41. The molecule has 1 aromatic carbocycles. The summed E-state index contributed by atoms with van der Waals surface area (Å²) in [5.41, 5.74) is 7.98. The Hall–Kier alpha value is -3.39. The van der Waals surface area contributed by atoms with Gasteiger partial charge in [-0.25, -0.2) is 9.67 Å². The van der Waals surface area contributed by atoms with Crippen molar-refractivity contribution in [3.8, 4) is 5.69 Å². The fourth-order valence-electron chi connectivity index (χ4n) is 3.76. The molecule has 0 saturated carbocycles. The van der Waals surface area contributed by atoms with Gasteiger partial charge in [-0.1, -0.05) is 17.7 Å². The number of nitrogens with two attached hydrogens (primary N) is 1. The Labute approximate surface area is 185 Å². The molecule has 3 aromatic rings. The molecule has 31 heavy (non-hydrogen) atoms. The molecule has 3 N–H and O–H groups in total. The second kappa shape index (κ2) is 8.77. The molecule has 9 heteroatoms. The first-order valence-electron chi connectivity index (χ1n) is 10.0. The van der Waals surface area contributed by atoms with Gasteiger partial charge in [-0.15, -0.1) is 0 Å². The molecule has 8 nitrogen and oxygen atoms in total. The number of nitrogens with one attached hydrogen (secondary N) is 1. The first-order chi connectivity index (χ1) is 14.9. The predicted octanol–water partition coefficient (Wildman–Crippen LogP) is 3.18. The fourth-order valence-corrected chi connectivity index (χ4v) is 3.95. The number of rotatable bonds is 5. The van der Waals surface area contributed by atoms with Crippen LogP contribution in [-0.2, 0) is 4.79 Å². The van der Waals surface area contributed by atoms with Gasteiger partial charge >= 0.3 is 0 Å². The Balaban J connectivity index is 1.45. The zero-order chi connectivity index (χ0) is 22.0. The third-order valence-electron chi connectivity index (χ3n) is 5.46. The number of benzene rings is 1. The number of carbonyl (C=O) groups is 2. The molecule has 1 atom stereocenters. The van der Waals surface area contributed by atoms with Crippen LogP contribution in [-0.4, -0.2) is 39.7 Å². The summed E-state index contributed by atoms with van der Waals surface area (Å²) >= 11 is 6.06. The maximum atomic E-state index is 12.8. The molecule has 1 unspecified atom stereocenters. The van der Waals surface area contributed by atoms with Crippen LogP contribution in [0.3, 0.4) is 0 Å². The van der Waals surface area contributed by atoms with Crippen LogP contribution in [0.25, 0.3) is 5.69 Å². The maximum absolute atomic E-state index is 12.8. The van der Waals surface area contributed by atoms with Gasteiger partial charge in [-0.2, -0.15) is 5.10 Å². The number of hydrogen-bond donors (Lipinski definition) is 2. The standard InChI is InChI=1S/C22H23ClN6O2/c1-14-19(12-26-29(14)18-6-2-5-16(23)10-18)22(31)27-17-7-8-20(25-11-17)28-9-3-4-15(13-28)21(24)30/h2,5-8,10-12,15H,3-4,9,13H2,1H3,(H2,24,30)(H,27,31). The number of piperidine rings is 1. The average molecular weight is 439 g/mol. The summed E-state index contributed by atoms with van der Waals surface area (Å²) in [6.45, 7) is 3.22. The summed E-state index contributed by atoms with van der Waals surface area (Å²) in [6.07, 6.45) is 4.84. The molecule has 0 bridgehead atoms. The van der Waals surface area contributed by atoms with Gasteiger partial charge in [0, 0.05) is 18.1 Å². The second-order valence-electron chi connectivity index (χ2n) is 7.58. The molecule has 3 heterocycles. The van der Waals surface area contributed by atoms with E-state index in [1.807, 2.05) is 30.0 Å². The summed E-state index contributed by atoms with van der Waals surface area (Å²) in [6, 6.07) is 10.9. The van der Waals surface area contributed by atoms with Crippen molar-refractivity contribution in [2.75, 3.05) is 23.3 Å². The van der Waals surface area contributed by atoms with Crippen LogP contribution in [0.15, 0.2) is 48.8 Å². The van der Waals surface area contributed by atoms with Crippen molar-refractivity contribution in [2.45, 2.75) is 19.8 Å². The van der Waals surface area contributed by atoms with E-state index in [-0.39, 0.29) is 17.7 Å².